The first-order chi connectivity index (χ1) is 14.9. The summed E-state index contributed by atoms with van der Waals surface area (Å²) in [5, 5.41) is 2.73. The van der Waals surface area contributed by atoms with Crippen molar-refractivity contribution in [3.05, 3.63) is 48.0 Å². The summed E-state index contributed by atoms with van der Waals surface area (Å²) >= 11 is 0. The lowest BCUT2D eigenvalue weighted by Gasteiger charge is -2.33. The largest absolute Gasteiger partial charge is 0.492 e. The smallest absolute Gasteiger partial charge is 0.306 e. The van der Waals surface area contributed by atoms with Gasteiger partial charge in [-0.3, -0.25) is 14.4 Å². The van der Waals surface area contributed by atoms with Gasteiger partial charge in [-0.25, -0.2) is 0 Å². The fourth-order valence-corrected chi connectivity index (χ4v) is 3.15. The number of ether oxygens (including phenoxy) is 3. The van der Waals surface area contributed by atoms with Gasteiger partial charge in [0.1, 0.15) is 18.1 Å². The van der Waals surface area contributed by atoms with E-state index in [9.17, 15) is 14.4 Å². The third-order valence-electron chi connectivity index (χ3n) is 4.84. The Morgan fingerprint density at radius 1 is 1.13 bits per heavy atom. The summed E-state index contributed by atoms with van der Waals surface area (Å²) in [7, 11) is 1.28. The van der Waals surface area contributed by atoms with Crippen LogP contribution in [0.15, 0.2) is 42.5 Å². The van der Waals surface area contributed by atoms with Crippen LogP contribution in [-0.2, 0) is 19.1 Å². The summed E-state index contributed by atoms with van der Waals surface area (Å²) in [5.74, 6) is 0.320. The van der Waals surface area contributed by atoms with Gasteiger partial charge in [0, 0.05) is 18.2 Å². The summed E-state index contributed by atoms with van der Waals surface area (Å²) in [5.41, 5.74) is 2.28. The second-order valence-corrected chi connectivity index (χ2v) is 7.22. The summed E-state index contributed by atoms with van der Waals surface area (Å²) in [4.78, 5) is 37.5. The van der Waals surface area contributed by atoms with Crippen LogP contribution >= 0.6 is 0 Å². The molecule has 164 valence electrons. The topological polar surface area (TPSA) is 94.2 Å². The Morgan fingerprint density at radius 3 is 2.58 bits per heavy atom. The fraction of sp³-hybridized carbons (Fsp3) is 0.348. The number of nitrogens with zero attached hydrogens (tertiary/aromatic N) is 1. The van der Waals surface area contributed by atoms with E-state index in [4.69, 9.17) is 9.47 Å². The zero-order valence-corrected chi connectivity index (χ0v) is 17.8. The van der Waals surface area contributed by atoms with Crippen LogP contribution in [0.2, 0.25) is 0 Å². The summed E-state index contributed by atoms with van der Waals surface area (Å²) < 4.78 is 16.0. The minimum atomic E-state index is -0.655. The molecule has 1 aliphatic heterocycles. The Kier molecular flexibility index (Phi) is 7.12. The van der Waals surface area contributed by atoms with Gasteiger partial charge in [0.2, 0.25) is 5.91 Å². The number of fused-ring (bicyclic) bond motifs is 1. The molecule has 0 aliphatic carbocycles. The molecular formula is C23H26N2O6. The van der Waals surface area contributed by atoms with Gasteiger partial charge in [-0.2, -0.15) is 0 Å². The molecule has 1 atom stereocenters. The number of aryl methyl sites for hydroxylation is 1. The van der Waals surface area contributed by atoms with E-state index in [1.807, 2.05) is 31.2 Å². The molecule has 31 heavy (non-hydrogen) atoms. The van der Waals surface area contributed by atoms with Crippen LogP contribution in [0.1, 0.15) is 25.3 Å². The quantitative estimate of drug-likeness (QED) is 0.652. The first-order valence-electron chi connectivity index (χ1n) is 10.1. The highest BCUT2D eigenvalue weighted by molar-refractivity contribution is 6.00. The Balaban J connectivity index is 1.65. The van der Waals surface area contributed by atoms with Crippen LogP contribution in [-0.4, -0.2) is 44.1 Å². The lowest BCUT2D eigenvalue weighted by molar-refractivity contribution is -0.141. The van der Waals surface area contributed by atoms with Gasteiger partial charge in [0.25, 0.3) is 5.91 Å². The lowest BCUT2D eigenvalue weighted by atomic mass is 10.1. The second-order valence-electron chi connectivity index (χ2n) is 7.22. The molecule has 0 spiro atoms. The van der Waals surface area contributed by atoms with Crippen LogP contribution in [0.25, 0.3) is 0 Å². The zero-order chi connectivity index (χ0) is 22.4. The number of anilines is 2. The van der Waals surface area contributed by atoms with Gasteiger partial charge in [0.15, 0.2) is 6.10 Å². The molecule has 1 heterocycles. The van der Waals surface area contributed by atoms with Crippen LogP contribution in [0.5, 0.6) is 11.5 Å². The van der Waals surface area contributed by atoms with Crippen LogP contribution in [0.3, 0.4) is 0 Å². The van der Waals surface area contributed by atoms with E-state index in [1.165, 1.54) is 7.11 Å². The Hall–Kier alpha value is -3.55. The summed E-state index contributed by atoms with van der Waals surface area (Å²) in [6, 6.07) is 12.8. The van der Waals surface area contributed by atoms with E-state index in [2.05, 4.69) is 10.1 Å². The summed E-state index contributed by atoms with van der Waals surface area (Å²) in [6.07, 6.45) is -0.636. The number of methoxy groups -OCH3 is 1. The minimum Gasteiger partial charge on any atom is -0.492 e. The molecule has 2 aromatic carbocycles. The molecule has 2 amide bonds. The predicted molar refractivity (Wildman–Crippen MR) is 115 cm³/mol. The number of nitrogens with one attached hydrogen (secondary N) is 1. The van der Waals surface area contributed by atoms with Crippen LogP contribution in [0, 0.1) is 6.92 Å². The van der Waals surface area contributed by atoms with E-state index in [0.29, 0.717) is 30.3 Å². The molecule has 0 fully saturated rings. The molecule has 1 aliphatic rings. The van der Waals surface area contributed by atoms with E-state index < -0.39 is 12.1 Å². The number of esters is 1. The maximum Gasteiger partial charge on any atom is 0.306 e. The molecule has 0 radical (unpaired) electrons. The summed E-state index contributed by atoms with van der Waals surface area (Å²) in [6.45, 7) is 4.37. The number of carbonyl (C=O) groups excluding carboxylic acids is 3. The zero-order valence-electron chi connectivity index (χ0n) is 17.8. The molecule has 2 aromatic rings. The number of rotatable bonds is 8. The standard InChI is InChI=1S/C23H26N2O6/c1-15-4-7-18(8-5-15)30-13-12-25-19-9-6-17(14-20(19)31-16(2)23(25)28)24-21(26)10-11-22(27)29-3/h4-9,14,16H,10-13H2,1-3H3,(H,24,26). The third kappa shape index (κ3) is 5.75. The van der Waals surface area contributed by atoms with Crippen LogP contribution in [0.4, 0.5) is 11.4 Å². The van der Waals surface area contributed by atoms with Crippen molar-refractivity contribution in [2.24, 2.45) is 0 Å². The number of amides is 2. The number of carbonyl (C=O) groups is 3. The highest BCUT2D eigenvalue weighted by Crippen LogP contribution is 2.36. The molecule has 0 aromatic heterocycles. The van der Waals surface area contributed by atoms with Crippen molar-refractivity contribution in [1.82, 2.24) is 0 Å². The SMILES string of the molecule is COC(=O)CCC(=O)Nc1ccc2c(c1)OC(C)C(=O)N2CCOc1ccc(C)cc1. The van der Waals surface area contributed by atoms with Crippen molar-refractivity contribution >= 4 is 29.2 Å². The molecule has 1 unspecified atom stereocenters. The van der Waals surface area contributed by atoms with Gasteiger partial charge in [0.05, 0.1) is 25.8 Å². The van der Waals surface area contributed by atoms with E-state index in [0.717, 1.165) is 11.3 Å². The normalized spacial score (nSPS) is 15.0. The first kappa shape index (κ1) is 22.1. The van der Waals surface area contributed by atoms with Crippen molar-refractivity contribution in [3.63, 3.8) is 0 Å². The van der Waals surface area contributed by atoms with Gasteiger partial charge < -0.3 is 24.4 Å². The van der Waals surface area contributed by atoms with E-state index >= 15 is 0 Å². The van der Waals surface area contributed by atoms with Crippen LogP contribution < -0.4 is 19.7 Å². The molecule has 8 heteroatoms. The monoisotopic (exact) mass is 426 g/mol. The second kappa shape index (κ2) is 9.97. The first-order valence-corrected chi connectivity index (χ1v) is 10.1. The van der Waals surface area contributed by atoms with Crippen molar-refractivity contribution in [2.75, 3.05) is 30.5 Å². The molecule has 0 saturated carbocycles. The molecule has 0 saturated heterocycles. The average Bonchev–Trinajstić information content (AvgIpc) is 2.76. The predicted octanol–water partition coefficient (Wildman–Crippen LogP) is 3.08. The lowest BCUT2D eigenvalue weighted by Crippen LogP contribution is -2.46. The van der Waals surface area contributed by atoms with Crippen molar-refractivity contribution < 1.29 is 28.6 Å². The Bertz CT molecular complexity index is 957. The fourth-order valence-electron chi connectivity index (χ4n) is 3.15. The van der Waals surface area contributed by atoms with Gasteiger partial charge in [-0.15, -0.1) is 0 Å². The maximum atomic E-state index is 12.6. The molecule has 0 bridgehead atoms. The molecule has 8 nitrogen and oxygen atoms in total. The number of hydrogen-bond acceptors (Lipinski definition) is 6. The Labute approximate surface area is 181 Å². The number of hydrogen-bond donors (Lipinski definition) is 1. The number of benzene rings is 2. The highest BCUT2D eigenvalue weighted by Gasteiger charge is 2.31. The Morgan fingerprint density at radius 2 is 1.87 bits per heavy atom. The van der Waals surface area contributed by atoms with Crippen molar-refractivity contribution in [1.29, 1.82) is 0 Å². The molecule has 1 N–H and O–H groups in total. The van der Waals surface area contributed by atoms with Crippen molar-refractivity contribution in [2.45, 2.75) is 32.8 Å². The maximum absolute atomic E-state index is 12.6. The highest BCUT2D eigenvalue weighted by atomic mass is 16.5. The molecule has 3 rings (SSSR count). The van der Waals surface area contributed by atoms with Gasteiger partial charge in [-0.1, -0.05) is 17.7 Å². The van der Waals surface area contributed by atoms with E-state index in [-0.39, 0.29) is 24.7 Å². The van der Waals surface area contributed by atoms with E-state index in [1.54, 1.807) is 30.0 Å². The van der Waals surface area contributed by atoms with Gasteiger partial charge >= 0.3 is 5.97 Å². The minimum absolute atomic E-state index is 0.00404. The van der Waals surface area contributed by atoms with Gasteiger partial charge in [-0.05, 0) is 38.1 Å². The third-order valence-corrected chi connectivity index (χ3v) is 4.84. The molecular weight excluding hydrogens is 400 g/mol. The average molecular weight is 426 g/mol. The van der Waals surface area contributed by atoms with Crippen molar-refractivity contribution in [3.8, 4) is 11.5 Å².